The van der Waals surface area contributed by atoms with Crippen LogP contribution in [0.25, 0.3) is 11.1 Å². The van der Waals surface area contributed by atoms with E-state index in [0.717, 1.165) is 0 Å². The number of halogens is 1. The second-order valence-electron chi connectivity index (χ2n) is 5.97. The smallest absolute Gasteiger partial charge is 0.190 e. The molecule has 2 rings (SSSR count). The van der Waals surface area contributed by atoms with E-state index in [1.807, 2.05) is 39.0 Å². The van der Waals surface area contributed by atoms with E-state index in [9.17, 15) is 9.18 Å². The second-order valence-corrected chi connectivity index (χ2v) is 5.97. The first-order valence-corrected chi connectivity index (χ1v) is 6.82. The number of benzene rings is 1. The van der Waals surface area contributed by atoms with Crippen molar-refractivity contribution in [3.8, 4) is 16.9 Å². The van der Waals surface area contributed by atoms with Crippen LogP contribution in [0.15, 0.2) is 47.3 Å². The standard InChI is InChI=1S/C18H19FO2/c1-18(2,3)15-8-6-5-7-14(17(15)20)13-10-9-12(19)11-16(13)21-4/h5-11H,1-4H3. The van der Waals surface area contributed by atoms with Crippen molar-refractivity contribution in [1.82, 2.24) is 0 Å². The minimum Gasteiger partial charge on any atom is -0.496 e. The summed E-state index contributed by atoms with van der Waals surface area (Å²) < 4.78 is 18.5. The van der Waals surface area contributed by atoms with Gasteiger partial charge in [-0.3, -0.25) is 4.79 Å². The molecule has 21 heavy (non-hydrogen) atoms. The Morgan fingerprint density at radius 1 is 1.00 bits per heavy atom. The first kappa shape index (κ1) is 15.2. The van der Waals surface area contributed by atoms with Gasteiger partial charge in [0.1, 0.15) is 11.6 Å². The summed E-state index contributed by atoms with van der Waals surface area (Å²) in [7, 11) is 1.47. The molecule has 2 nitrogen and oxygen atoms in total. The third kappa shape index (κ3) is 3.13. The van der Waals surface area contributed by atoms with Crippen LogP contribution >= 0.6 is 0 Å². The van der Waals surface area contributed by atoms with Crippen molar-refractivity contribution in [2.45, 2.75) is 26.2 Å². The molecule has 0 saturated heterocycles. The molecule has 0 N–H and O–H groups in total. The average molecular weight is 286 g/mol. The summed E-state index contributed by atoms with van der Waals surface area (Å²) >= 11 is 0. The molecule has 0 saturated carbocycles. The van der Waals surface area contributed by atoms with Gasteiger partial charge in [0.05, 0.1) is 7.11 Å². The summed E-state index contributed by atoms with van der Waals surface area (Å²) in [5.74, 6) is -0.0300. The van der Waals surface area contributed by atoms with E-state index < -0.39 is 0 Å². The highest BCUT2D eigenvalue weighted by Crippen LogP contribution is 2.29. The SMILES string of the molecule is COc1cc(F)ccc1-c1ccccc(C(C)(C)C)c1=O. The van der Waals surface area contributed by atoms with E-state index in [2.05, 4.69) is 0 Å². The van der Waals surface area contributed by atoms with Crippen molar-refractivity contribution < 1.29 is 9.13 Å². The summed E-state index contributed by atoms with van der Waals surface area (Å²) in [6.07, 6.45) is 0. The molecule has 3 heteroatoms. The zero-order valence-electron chi connectivity index (χ0n) is 12.7. The zero-order chi connectivity index (χ0) is 15.6. The van der Waals surface area contributed by atoms with Gasteiger partial charge in [0.2, 0.25) is 0 Å². The fraction of sp³-hybridized carbons (Fsp3) is 0.278. The van der Waals surface area contributed by atoms with Crippen LogP contribution < -0.4 is 10.2 Å². The number of methoxy groups -OCH3 is 1. The summed E-state index contributed by atoms with van der Waals surface area (Å²) in [4.78, 5) is 12.8. The maximum atomic E-state index is 13.3. The number of hydrogen-bond donors (Lipinski definition) is 0. The van der Waals surface area contributed by atoms with Crippen LogP contribution in [0.3, 0.4) is 0 Å². The predicted octanol–water partition coefficient (Wildman–Crippen LogP) is 4.16. The van der Waals surface area contributed by atoms with Crippen LogP contribution in [0.2, 0.25) is 0 Å². The lowest BCUT2D eigenvalue weighted by atomic mass is 9.86. The molecule has 0 aliphatic carbocycles. The third-order valence-electron chi connectivity index (χ3n) is 3.39. The van der Waals surface area contributed by atoms with E-state index in [4.69, 9.17) is 4.74 Å². The van der Waals surface area contributed by atoms with Gasteiger partial charge in [-0.2, -0.15) is 0 Å². The molecule has 0 bridgehead atoms. The first-order chi connectivity index (χ1) is 9.84. The number of hydrogen-bond acceptors (Lipinski definition) is 2. The van der Waals surface area contributed by atoms with Gasteiger partial charge in [-0.15, -0.1) is 0 Å². The van der Waals surface area contributed by atoms with Gasteiger partial charge in [-0.05, 0) is 17.5 Å². The molecule has 0 heterocycles. The average Bonchev–Trinajstić information content (AvgIpc) is 2.60. The van der Waals surface area contributed by atoms with Crippen LogP contribution in [-0.4, -0.2) is 7.11 Å². The maximum absolute atomic E-state index is 13.3. The Morgan fingerprint density at radius 3 is 2.29 bits per heavy atom. The highest BCUT2D eigenvalue weighted by Gasteiger charge is 2.19. The van der Waals surface area contributed by atoms with E-state index in [0.29, 0.717) is 22.4 Å². The quantitative estimate of drug-likeness (QED) is 0.828. The van der Waals surface area contributed by atoms with Crippen LogP contribution in [0.4, 0.5) is 4.39 Å². The van der Waals surface area contributed by atoms with Crippen molar-refractivity contribution >= 4 is 0 Å². The highest BCUT2D eigenvalue weighted by molar-refractivity contribution is 5.70. The topological polar surface area (TPSA) is 26.3 Å². The summed E-state index contributed by atoms with van der Waals surface area (Å²) in [6, 6.07) is 11.4. The molecule has 0 unspecified atom stereocenters. The van der Waals surface area contributed by atoms with Crippen LogP contribution in [-0.2, 0) is 5.41 Å². The van der Waals surface area contributed by atoms with Crippen LogP contribution in [0.1, 0.15) is 26.3 Å². The van der Waals surface area contributed by atoms with E-state index in [-0.39, 0.29) is 16.7 Å². The van der Waals surface area contributed by atoms with E-state index in [1.54, 1.807) is 12.1 Å². The Labute approximate surface area is 124 Å². The van der Waals surface area contributed by atoms with Crippen LogP contribution in [0.5, 0.6) is 5.75 Å². The fourth-order valence-corrected chi connectivity index (χ4v) is 2.29. The lowest BCUT2D eigenvalue weighted by Crippen LogP contribution is -2.22. The minimum absolute atomic E-state index is 0.0580. The molecule has 0 radical (unpaired) electrons. The van der Waals surface area contributed by atoms with Crippen molar-refractivity contribution in [2.24, 2.45) is 0 Å². The molecule has 0 amide bonds. The second kappa shape index (κ2) is 5.68. The molecule has 0 fully saturated rings. The maximum Gasteiger partial charge on any atom is 0.190 e. The Balaban J connectivity index is 2.78. The molecular weight excluding hydrogens is 267 g/mol. The van der Waals surface area contributed by atoms with E-state index in [1.165, 1.54) is 19.2 Å². The van der Waals surface area contributed by atoms with E-state index >= 15 is 0 Å². The van der Waals surface area contributed by atoms with Gasteiger partial charge in [0.15, 0.2) is 5.43 Å². The molecule has 0 aliphatic heterocycles. The Bertz CT molecular complexity index is 715. The van der Waals surface area contributed by atoms with Crippen molar-refractivity contribution in [3.63, 3.8) is 0 Å². The van der Waals surface area contributed by atoms with Gasteiger partial charge in [-0.25, -0.2) is 4.39 Å². The minimum atomic E-state index is -0.389. The summed E-state index contributed by atoms with van der Waals surface area (Å²) in [5.41, 5.74) is 1.51. The lowest BCUT2D eigenvalue weighted by molar-refractivity contribution is 0.413. The third-order valence-corrected chi connectivity index (χ3v) is 3.39. The number of rotatable bonds is 2. The highest BCUT2D eigenvalue weighted by atomic mass is 19.1. The van der Waals surface area contributed by atoms with Crippen molar-refractivity contribution in [1.29, 1.82) is 0 Å². The van der Waals surface area contributed by atoms with Gasteiger partial charge in [0.25, 0.3) is 0 Å². The van der Waals surface area contributed by atoms with Crippen molar-refractivity contribution in [2.75, 3.05) is 7.11 Å². The largest absolute Gasteiger partial charge is 0.496 e. The molecular formula is C18H19FO2. The molecule has 110 valence electrons. The molecule has 2 aromatic rings. The Kier molecular flexibility index (Phi) is 4.12. The molecule has 2 aromatic carbocycles. The normalized spacial score (nSPS) is 11.3. The van der Waals surface area contributed by atoms with Gasteiger partial charge < -0.3 is 4.74 Å². The first-order valence-electron chi connectivity index (χ1n) is 6.82. The summed E-state index contributed by atoms with van der Waals surface area (Å²) in [6.45, 7) is 5.99. The number of ether oxygens (including phenoxy) is 1. The molecule has 0 spiro atoms. The van der Waals surface area contributed by atoms with Gasteiger partial charge in [0, 0.05) is 22.8 Å². The molecule has 0 aliphatic rings. The van der Waals surface area contributed by atoms with Gasteiger partial charge >= 0.3 is 0 Å². The predicted molar refractivity (Wildman–Crippen MR) is 83.4 cm³/mol. The Morgan fingerprint density at radius 2 is 1.67 bits per heavy atom. The van der Waals surface area contributed by atoms with Crippen LogP contribution in [0, 0.1) is 5.82 Å². The zero-order valence-corrected chi connectivity index (χ0v) is 12.7. The molecule has 0 atom stereocenters. The monoisotopic (exact) mass is 286 g/mol. The fourth-order valence-electron chi connectivity index (χ4n) is 2.29. The van der Waals surface area contributed by atoms with Crippen molar-refractivity contribution in [3.05, 3.63) is 64.1 Å². The summed E-state index contributed by atoms with van der Waals surface area (Å²) in [5, 5.41) is 0. The lowest BCUT2D eigenvalue weighted by Gasteiger charge is -2.17. The van der Waals surface area contributed by atoms with Gasteiger partial charge in [-0.1, -0.05) is 45.0 Å². The molecule has 0 aromatic heterocycles. The Hall–Kier alpha value is -2.16.